The van der Waals surface area contributed by atoms with Gasteiger partial charge < -0.3 is 19.3 Å². The molecule has 0 radical (unpaired) electrons. The van der Waals surface area contributed by atoms with Gasteiger partial charge in [-0.3, -0.25) is 0 Å². The molecule has 114 valence electrons. The Bertz CT molecular complexity index is 719. The monoisotopic (exact) mass is 298 g/mol. The largest absolute Gasteiger partial charge is 0.508 e. The Morgan fingerprint density at radius 2 is 1.95 bits per heavy atom. The molecule has 0 aliphatic carbocycles. The molecule has 22 heavy (non-hydrogen) atoms. The van der Waals surface area contributed by atoms with E-state index in [1.807, 2.05) is 24.3 Å². The molecule has 4 nitrogen and oxygen atoms in total. The van der Waals surface area contributed by atoms with Crippen molar-refractivity contribution in [2.45, 2.75) is 12.8 Å². The van der Waals surface area contributed by atoms with Crippen LogP contribution in [0.5, 0.6) is 23.0 Å². The van der Waals surface area contributed by atoms with E-state index in [4.69, 9.17) is 14.2 Å². The summed E-state index contributed by atoms with van der Waals surface area (Å²) in [5.41, 5.74) is 2.99. The molecule has 2 aromatic carbocycles. The Morgan fingerprint density at radius 1 is 1.14 bits per heavy atom. The highest BCUT2D eigenvalue weighted by molar-refractivity contribution is 5.55. The second-order valence-electron chi connectivity index (χ2n) is 5.19. The fourth-order valence-electron chi connectivity index (χ4n) is 2.60. The summed E-state index contributed by atoms with van der Waals surface area (Å²) in [7, 11) is 3.24. The van der Waals surface area contributed by atoms with E-state index < -0.39 is 0 Å². The van der Waals surface area contributed by atoms with E-state index in [1.165, 1.54) is 0 Å². The molecule has 1 aliphatic heterocycles. The van der Waals surface area contributed by atoms with E-state index in [-0.39, 0.29) is 0 Å². The molecule has 0 bridgehead atoms. The van der Waals surface area contributed by atoms with Crippen molar-refractivity contribution < 1.29 is 19.3 Å². The summed E-state index contributed by atoms with van der Waals surface area (Å²) in [5.74, 6) is 2.43. The van der Waals surface area contributed by atoms with Crippen LogP contribution in [-0.2, 0) is 12.8 Å². The van der Waals surface area contributed by atoms with Crippen LogP contribution in [0.4, 0.5) is 0 Å². The lowest BCUT2D eigenvalue weighted by atomic mass is 9.96. The SMILES string of the molecule is COc1cc2c(c(OC)c1)OC=C(Cc1ccccc1O)C2. The molecule has 0 aromatic heterocycles. The number of hydrogen-bond donors (Lipinski definition) is 1. The minimum atomic E-state index is 0.303. The fraction of sp³-hybridized carbons (Fsp3) is 0.222. The van der Waals surface area contributed by atoms with Gasteiger partial charge in [0.05, 0.1) is 20.5 Å². The minimum absolute atomic E-state index is 0.303. The zero-order chi connectivity index (χ0) is 15.5. The zero-order valence-electron chi connectivity index (χ0n) is 12.6. The Kier molecular flexibility index (Phi) is 3.92. The topological polar surface area (TPSA) is 47.9 Å². The average molecular weight is 298 g/mol. The van der Waals surface area contributed by atoms with Crippen LogP contribution in [0.3, 0.4) is 0 Å². The van der Waals surface area contributed by atoms with Gasteiger partial charge in [0.2, 0.25) is 0 Å². The number of phenolic OH excluding ortho intramolecular Hbond substituents is 1. The standard InChI is InChI=1S/C18H18O4/c1-20-15-9-14-8-12(7-13-5-3-4-6-16(13)19)11-22-18(14)17(10-15)21-2/h3-6,9-11,19H,7-8H2,1-2H3. The summed E-state index contributed by atoms with van der Waals surface area (Å²) < 4.78 is 16.4. The van der Waals surface area contributed by atoms with E-state index in [0.717, 1.165) is 34.6 Å². The van der Waals surface area contributed by atoms with E-state index in [1.54, 1.807) is 32.6 Å². The molecule has 1 heterocycles. The lowest BCUT2D eigenvalue weighted by Gasteiger charge is -2.20. The summed E-state index contributed by atoms with van der Waals surface area (Å²) in [5, 5.41) is 9.89. The van der Waals surface area contributed by atoms with Crippen molar-refractivity contribution in [2.24, 2.45) is 0 Å². The summed E-state index contributed by atoms with van der Waals surface area (Å²) in [4.78, 5) is 0. The second kappa shape index (κ2) is 6.02. The van der Waals surface area contributed by atoms with Crippen molar-refractivity contribution in [3.05, 3.63) is 59.4 Å². The first-order chi connectivity index (χ1) is 10.7. The van der Waals surface area contributed by atoms with Gasteiger partial charge in [-0.05, 0) is 23.3 Å². The van der Waals surface area contributed by atoms with Crippen molar-refractivity contribution >= 4 is 0 Å². The quantitative estimate of drug-likeness (QED) is 0.939. The Balaban J connectivity index is 1.87. The maximum atomic E-state index is 9.89. The number of allylic oxidation sites excluding steroid dienone is 1. The van der Waals surface area contributed by atoms with Crippen LogP contribution in [0.1, 0.15) is 11.1 Å². The molecular formula is C18H18O4. The third-order valence-electron chi connectivity index (χ3n) is 3.73. The number of para-hydroxylation sites is 1. The van der Waals surface area contributed by atoms with Gasteiger partial charge in [-0.1, -0.05) is 18.2 Å². The smallest absolute Gasteiger partial charge is 0.172 e. The maximum Gasteiger partial charge on any atom is 0.172 e. The molecule has 4 heteroatoms. The number of ether oxygens (including phenoxy) is 3. The number of rotatable bonds is 4. The minimum Gasteiger partial charge on any atom is -0.508 e. The van der Waals surface area contributed by atoms with E-state index >= 15 is 0 Å². The van der Waals surface area contributed by atoms with Crippen molar-refractivity contribution in [1.29, 1.82) is 0 Å². The molecule has 1 N–H and O–H groups in total. The Morgan fingerprint density at radius 3 is 2.68 bits per heavy atom. The van der Waals surface area contributed by atoms with Gasteiger partial charge in [-0.15, -0.1) is 0 Å². The first-order valence-corrected chi connectivity index (χ1v) is 7.07. The fourth-order valence-corrected chi connectivity index (χ4v) is 2.60. The summed E-state index contributed by atoms with van der Waals surface area (Å²) >= 11 is 0. The Hall–Kier alpha value is -2.62. The van der Waals surface area contributed by atoms with Crippen LogP contribution in [0.2, 0.25) is 0 Å². The number of hydrogen-bond acceptors (Lipinski definition) is 4. The van der Waals surface area contributed by atoms with E-state index in [2.05, 4.69) is 0 Å². The highest BCUT2D eigenvalue weighted by atomic mass is 16.5. The molecule has 0 amide bonds. The van der Waals surface area contributed by atoms with Crippen LogP contribution in [0, 0.1) is 0 Å². The molecule has 0 saturated heterocycles. The van der Waals surface area contributed by atoms with Gasteiger partial charge in [0.25, 0.3) is 0 Å². The van der Waals surface area contributed by atoms with E-state index in [0.29, 0.717) is 17.9 Å². The molecule has 0 atom stereocenters. The van der Waals surface area contributed by atoms with E-state index in [9.17, 15) is 5.11 Å². The summed E-state index contributed by atoms with van der Waals surface area (Å²) in [6.07, 6.45) is 3.12. The molecule has 3 rings (SSSR count). The van der Waals surface area contributed by atoms with Crippen molar-refractivity contribution in [1.82, 2.24) is 0 Å². The summed E-state index contributed by atoms with van der Waals surface area (Å²) in [6, 6.07) is 11.1. The summed E-state index contributed by atoms with van der Waals surface area (Å²) in [6.45, 7) is 0. The predicted molar refractivity (Wildman–Crippen MR) is 83.8 cm³/mol. The lowest BCUT2D eigenvalue weighted by Crippen LogP contribution is -2.07. The third kappa shape index (κ3) is 2.72. The molecule has 1 aliphatic rings. The van der Waals surface area contributed by atoms with Gasteiger partial charge in [-0.2, -0.15) is 0 Å². The van der Waals surface area contributed by atoms with Crippen LogP contribution >= 0.6 is 0 Å². The Labute approximate surface area is 129 Å². The lowest BCUT2D eigenvalue weighted by molar-refractivity contribution is 0.360. The van der Waals surface area contributed by atoms with Crippen molar-refractivity contribution in [3.8, 4) is 23.0 Å². The molecule has 0 unspecified atom stereocenters. The molecule has 0 fully saturated rings. The number of benzene rings is 2. The predicted octanol–water partition coefficient (Wildman–Crippen LogP) is 3.47. The number of aromatic hydroxyl groups is 1. The maximum absolute atomic E-state index is 9.89. The number of methoxy groups -OCH3 is 2. The third-order valence-corrected chi connectivity index (χ3v) is 3.73. The highest BCUT2D eigenvalue weighted by Crippen LogP contribution is 2.40. The van der Waals surface area contributed by atoms with Crippen LogP contribution < -0.4 is 14.2 Å². The van der Waals surface area contributed by atoms with Crippen LogP contribution in [-0.4, -0.2) is 19.3 Å². The number of fused-ring (bicyclic) bond motifs is 1. The zero-order valence-corrected chi connectivity index (χ0v) is 12.6. The number of phenols is 1. The van der Waals surface area contributed by atoms with Crippen LogP contribution in [0.15, 0.2) is 48.2 Å². The first kappa shape index (κ1) is 14.3. The van der Waals surface area contributed by atoms with Crippen molar-refractivity contribution in [2.75, 3.05) is 14.2 Å². The van der Waals surface area contributed by atoms with Crippen molar-refractivity contribution in [3.63, 3.8) is 0 Å². The normalized spacial score (nSPS) is 12.9. The van der Waals surface area contributed by atoms with Gasteiger partial charge >= 0.3 is 0 Å². The molecule has 0 saturated carbocycles. The molecular weight excluding hydrogens is 280 g/mol. The van der Waals surface area contributed by atoms with Gasteiger partial charge in [0.1, 0.15) is 11.5 Å². The highest BCUT2D eigenvalue weighted by Gasteiger charge is 2.19. The molecule has 0 spiro atoms. The van der Waals surface area contributed by atoms with Gasteiger partial charge in [0, 0.05) is 24.5 Å². The first-order valence-electron chi connectivity index (χ1n) is 7.07. The average Bonchev–Trinajstić information content (AvgIpc) is 2.55. The van der Waals surface area contributed by atoms with Gasteiger partial charge in [-0.25, -0.2) is 0 Å². The second-order valence-corrected chi connectivity index (χ2v) is 5.19. The van der Waals surface area contributed by atoms with Crippen LogP contribution in [0.25, 0.3) is 0 Å². The molecule has 2 aromatic rings. The van der Waals surface area contributed by atoms with Gasteiger partial charge in [0.15, 0.2) is 11.5 Å².